The Morgan fingerprint density at radius 2 is 1.96 bits per heavy atom. The minimum Gasteiger partial charge on any atom is -0.465 e. The van der Waals surface area contributed by atoms with Gasteiger partial charge in [-0.2, -0.15) is 0 Å². The number of ether oxygens (including phenoxy) is 1. The summed E-state index contributed by atoms with van der Waals surface area (Å²) in [5.74, 6) is -0.723. The van der Waals surface area contributed by atoms with Crippen LogP contribution in [0.1, 0.15) is 25.7 Å². The van der Waals surface area contributed by atoms with E-state index < -0.39 is 5.97 Å². The molecule has 2 heterocycles. The van der Waals surface area contributed by atoms with Crippen LogP contribution >= 0.6 is 11.5 Å². The van der Waals surface area contributed by atoms with E-state index in [0.717, 1.165) is 17.1 Å². The number of carbonyl (C=O) groups is 2. The molecule has 1 N–H and O–H groups in total. The van der Waals surface area contributed by atoms with Gasteiger partial charge in [-0.1, -0.05) is 34.8 Å². The molecule has 8 heteroatoms. The molecule has 2 aromatic heterocycles. The van der Waals surface area contributed by atoms with Crippen molar-refractivity contribution < 1.29 is 14.3 Å². The first kappa shape index (κ1) is 16.7. The van der Waals surface area contributed by atoms with Crippen LogP contribution in [0.2, 0.25) is 0 Å². The van der Waals surface area contributed by atoms with Crippen LogP contribution in [0.15, 0.2) is 48.7 Å². The topological polar surface area (TPSA) is 94.1 Å². The summed E-state index contributed by atoms with van der Waals surface area (Å²) < 4.78 is 8.50. The Morgan fingerprint density at radius 3 is 2.64 bits per heavy atom. The maximum absolute atomic E-state index is 12.4. The molecular formula is C17H14N4O3S. The average Bonchev–Trinajstić information content (AvgIpc) is 3.16. The number of carbonyl (C=O) groups excluding carboxylic acids is 2. The molecule has 0 radical (unpaired) electrons. The van der Waals surface area contributed by atoms with Crippen molar-refractivity contribution in [2.75, 3.05) is 7.11 Å². The Hall–Kier alpha value is -3.13. The van der Waals surface area contributed by atoms with Crippen molar-refractivity contribution in [3.63, 3.8) is 0 Å². The van der Waals surface area contributed by atoms with Crippen LogP contribution in [0.3, 0.4) is 0 Å². The molecule has 1 amide bonds. The summed E-state index contributed by atoms with van der Waals surface area (Å²) >= 11 is 1.04. The smallest absolute Gasteiger partial charge is 0.339 e. The molecule has 3 aromatic rings. The Kier molecular flexibility index (Phi) is 5.10. The van der Waals surface area contributed by atoms with E-state index in [2.05, 4.69) is 24.6 Å². The maximum atomic E-state index is 12.4. The van der Waals surface area contributed by atoms with Gasteiger partial charge in [-0.25, -0.2) is 4.79 Å². The largest absolute Gasteiger partial charge is 0.465 e. The van der Waals surface area contributed by atoms with Gasteiger partial charge in [0.1, 0.15) is 10.6 Å². The standard InChI is InChI=1S/C17H14N4O3S/c1-24-17(23)12-7-8-13(18-9-12)10-19-16(22)15-14(20-21-25-15)11-5-3-2-4-6-11/h2-9H,10H2,1H3,(H,19,22). The van der Waals surface area contributed by atoms with E-state index in [1.165, 1.54) is 13.3 Å². The first-order chi connectivity index (χ1) is 12.2. The number of pyridine rings is 1. The zero-order chi connectivity index (χ0) is 17.6. The zero-order valence-corrected chi connectivity index (χ0v) is 14.1. The van der Waals surface area contributed by atoms with Gasteiger partial charge in [0.2, 0.25) is 0 Å². The molecule has 0 saturated carbocycles. The predicted octanol–water partition coefficient (Wildman–Crippen LogP) is 2.32. The Balaban J connectivity index is 1.68. The van der Waals surface area contributed by atoms with Crippen LogP contribution in [0.25, 0.3) is 11.3 Å². The summed E-state index contributed by atoms with van der Waals surface area (Å²) in [4.78, 5) is 28.4. The van der Waals surface area contributed by atoms with Gasteiger partial charge in [-0.05, 0) is 23.7 Å². The van der Waals surface area contributed by atoms with Gasteiger partial charge >= 0.3 is 5.97 Å². The molecule has 0 aliphatic rings. The number of aromatic nitrogens is 3. The maximum Gasteiger partial charge on any atom is 0.339 e. The first-order valence-corrected chi connectivity index (χ1v) is 8.15. The normalized spacial score (nSPS) is 10.3. The number of amides is 1. The van der Waals surface area contributed by atoms with Gasteiger partial charge in [0.05, 0.1) is 24.9 Å². The number of benzene rings is 1. The minimum atomic E-state index is -0.452. The molecule has 0 saturated heterocycles. The Bertz CT molecular complexity index is 878. The predicted molar refractivity (Wildman–Crippen MR) is 92.1 cm³/mol. The van der Waals surface area contributed by atoms with Gasteiger partial charge < -0.3 is 10.1 Å². The first-order valence-electron chi connectivity index (χ1n) is 7.38. The molecule has 0 aliphatic carbocycles. The van der Waals surface area contributed by atoms with E-state index in [0.29, 0.717) is 21.8 Å². The lowest BCUT2D eigenvalue weighted by Gasteiger charge is -2.05. The molecule has 0 fully saturated rings. The van der Waals surface area contributed by atoms with E-state index in [1.807, 2.05) is 30.3 Å². The number of hydrogen-bond donors (Lipinski definition) is 1. The second-order valence-corrected chi connectivity index (χ2v) is 5.78. The third-order valence-corrected chi connectivity index (χ3v) is 4.14. The van der Waals surface area contributed by atoms with Crippen LogP contribution < -0.4 is 5.32 Å². The second kappa shape index (κ2) is 7.63. The SMILES string of the molecule is COC(=O)c1ccc(CNC(=O)c2snnc2-c2ccccc2)nc1. The highest BCUT2D eigenvalue weighted by Gasteiger charge is 2.17. The van der Waals surface area contributed by atoms with Crippen LogP contribution in [0.5, 0.6) is 0 Å². The summed E-state index contributed by atoms with van der Waals surface area (Å²) in [5.41, 5.74) is 2.37. The quantitative estimate of drug-likeness (QED) is 0.707. The van der Waals surface area contributed by atoms with E-state index in [1.54, 1.807) is 12.1 Å². The lowest BCUT2D eigenvalue weighted by atomic mass is 10.1. The molecule has 0 bridgehead atoms. The zero-order valence-electron chi connectivity index (χ0n) is 13.3. The van der Waals surface area contributed by atoms with Gasteiger partial charge in [0.25, 0.3) is 5.91 Å². The van der Waals surface area contributed by atoms with Crippen molar-refractivity contribution in [1.82, 2.24) is 19.9 Å². The van der Waals surface area contributed by atoms with Gasteiger partial charge in [0.15, 0.2) is 0 Å². The molecule has 0 spiro atoms. The number of esters is 1. The van der Waals surface area contributed by atoms with Crippen LogP contribution in [-0.4, -0.2) is 33.6 Å². The van der Waals surface area contributed by atoms with E-state index in [4.69, 9.17) is 0 Å². The number of methoxy groups -OCH3 is 1. The van der Waals surface area contributed by atoms with Crippen LogP contribution in [0.4, 0.5) is 0 Å². The number of hydrogen-bond acceptors (Lipinski definition) is 7. The van der Waals surface area contributed by atoms with Crippen molar-refractivity contribution in [2.24, 2.45) is 0 Å². The van der Waals surface area contributed by atoms with Gasteiger partial charge in [-0.15, -0.1) is 5.10 Å². The summed E-state index contributed by atoms with van der Waals surface area (Å²) in [5, 5.41) is 6.83. The van der Waals surface area contributed by atoms with Crippen LogP contribution in [-0.2, 0) is 11.3 Å². The average molecular weight is 354 g/mol. The molecular weight excluding hydrogens is 340 g/mol. The summed E-state index contributed by atoms with van der Waals surface area (Å²) in [6.07, 6.45) is 1.41. The fraction of sp³-hybridized carbons (Fsp3) is 0.118. The fourth-order valence-corrected chi connectivity index (χ4v) is 2.75. The second-order valence-electron chi connectivity index (χ2n) is 5.03. The lowest BCUT2D eigenvalue weighted by Crippen LogP contribution is -2.23. The van der Waals surface area contributed by atoms with Crippen molar-refractivity contribution in [3.05, 3.63) is 64.8 Å². The molecule has 0 unspecified atom stereocenters. The lowest BCUT2D eigenvalue weighted by molar-refractivity contribution is 0.0600. The van der Waals surface area contributed by atoms with E-state index in [9.17, 15) is 9.59 Å². The molecule has 0 atom stereocenters. The highest BCUT2D eigenvalue weighted by molar-refractivity contribution is 7.08. The van der Waals surface area contributed by atoms with Gasteiger partial charge in [-0.3, -0.25) is 9.78 Å². The van der Waals surface area contributed by atoms with Crippen molar-refractivity contribution in [3.8, 4) is 11.3 Å². The highest BCUT2D eigenvalue weighted by Crippen LogP contribution is 2.23. The van der Waals surface area contributed by atoms with Gasteiger partial charge in [0, 0.05) is 11.8 Å². The Labute approximate surface area is 147 Å². The molecule has 1 aromatic carbocycles. The number of rotatable bonds is 5. The third kappa shape index (κ3) is 3.86. The fourth-order valence-electron chi connectivity index (χ4n) is 2.14. The molecule has 0 aliphatic heterocycles. The highest BCUT2D eigenvalue weighted by atomic mass is 32.1. The Morgan fingerprint density at radius 1 is 1.16 bits per heavy atom. The molecule has 7 nitrogen and oxygen atoms in total. The summed E-state index contributed by atoms with van der Waals surface area (Å²) in [6, 6.07) is 12.7. The van der Waals surface area contributed by atoms with Crippen molar-refractivity contribution in [2.45, 2.75) is 6.54 Å². The number of nitrogens with one attached hydrogen (secondary N) is 1. The summed E-state index contributed by atoms with van der Waals surface area (Å²) in [7, 11) is 1.31. The van der Waals surface area contributed by atoms with Crippen LogP contribution in [0, 0.1) is 0 Å². The van der Waals surface area contributed by atoms with E-state index in [-0.39, 0.29) is 12.5 Å². The van der Waals surface area contributed by atoms with Crippen molar-refractivity contribution in [1.29, 1.82) is 0 Å². The molecule has 3 rings (SSSR count). The number of nitrogens with zero attached hydrogens (tertiary/aromatic N) is 3. The third-order valence-electron chi connectivity index (χ3n) is 3.42. The summed E-state index contributed by atoms with van der Waals surface area (Å²) in [6.45, 7) is 0.229. The van der Waals surface area contributed by atoms with E-state index >= 15 is 0 Å². The molecule has 25 heavy (non-hydrogen) atoms. The van der Waals surface area contributed by atoms with Crippen molar-refractivity contribution >= 4 is 23.4 Å². The monoisotopic (exact) mass is 354 g/mol. The molecule has 126 valence electrons. The minimum absolute atomic E-state index is 0.229.